The Morgan fingerprint density at radius 2 is 0.794 bits per heavy atom. The van der Waals surface area contributed by atoms with Gasteiger partial charge in [0.15, 0.2) is 0 Å². The average Bonchev–Trinajstić information content (AvgIpc) is 2.85. The van der Waals surface area contributed by atoms with Crippen molar-refractivity contribution in [1.82, 2.24) is 0 Å². The summed E-state index contributed by atoms with van der Waals surface area (Å²) in [5, 5.41) is 2.00. The van der Waals surface area contributed by atoms with Crippen LogP contribution in [0.3, 0.4) is 0 Å². The van der Waals surface area contributed by atoms with Gasteiger partial charge in [-0.15, -0.1) is 0 Å². The van der Waals surface area contributed by atoms with E-state index in [9.17, 15) is 0 Å². The first-order chi connectivity index (χ1) is 16.5. The lowest BCUT2D eigenvalue weighted by Gasteiger charge is -2.32. The van der Waals surface area contributed by atoms with Crippen LogP contribution >= 0.6 is 34.8 Å². The molecule has 0 aliphatic rings. The van der Waals surface area contributed by atoms with Gasteiger partial charge in [0.1, 0.15) is 6.10 Å². The minimum absolute atomic E-state index is 0.236. The van der Waals surface area contributed by atoms with E-state index in [2.05, 4.69) is 0 Å². The summed E-state index contributed by atoms with van der Waals surface area (Å²) in [6.07, 6.45) is -1.38. The predicted octanol–water partition coefficient (Wildman–Crippen LogP) is 5.62. The molecule has 3 aromatic carbocycles. The van der Waals surface area contributed by atoms with Gasteiger partial charge in [0, 0.05) is 28.2 Å². The molecule has 0 amide bonds. The number of rotatable bonds is 13. The SMILES string of the molecule is NC[C@@H](OCc1ccc(Cl)cc1)C(OCc1ccc(Cl)cc1)[C@@H](CN)OCc1ccc(Cl)cc1. The van der Waals surface area contributed by atoms with E-state index in [-0.39, 0.29) is 13.1 Å². The second kappa shape index (κ2) is 14.0. The summed E-state index contributed by atoms with van der Waals surface area (Å²) >= 11 is 18.0. The van der Waals surface area contributed by atoms with Crippen molar-refractivity contribution in [1.29, 1.82) is 0 Å². The Hall–Kier alpha value is -1.67. The number of hydrogen-bond donors (Lipinski definition) is 2. The van der Waals surface area contributed by atoms with Crippen LogP contribution in [0.4, 0.5) is 0 Å². The quantitative estimate of drug-likeness (QED) is 0.304. The third kappa shape index (κ3) is 8.52. The fourth-order valence-corrected chi connectivity index (χ4v) is 3.77. The summed E-state index contributed by atoms with van der Waals surface area (Å²) in [5.74, 6) is 0. The van der Waals surface area contributed by atoms with Crippen molar-refractivity contribution in [3.63, 3.8) is 0 Å². The highest BCUT2D eigenvalue weighted by molar-refractivity contribution is 6.31. The van der Waals surface area contributed by atoms with E-state index in [1.165, 1.54) is 0 Å². The maximum atomic E-state index is 6.29. The molecular weight excluding hydrogens is 495 g/mol. The number of hydrogen-bond acceptors (Lipinski definition) is 5. The number of ether oxygens (including phenoxy) is 3. The summed E-state index contributed by atoms with van der Waals surface area (Å²) in [4.78, 5) is 0. The first-order valence-corrected chi connectivity index (χ1v) is 12.1. The standard InChI is InChI=1S/C26H29Cl3N2O3/c27-21-7-1-18(2-8-21)15-32-24(13-30)26(34-17-20-5-11-23(29)12-6-20)25(14-31)33-16-19-3-9-22(28)10-4-19/h1-12,24-26H,13-17,30-31H2/t24-,25-/m1/s1. The minimum atomic E-state index is -0.495. The van der Waals surface area contributed by atoms with Crippen molar-refractivity contribution in [3.05, 3.63) is 105 Å². The number of nitrogens with two attached hydrogens (primary N) is 2. The van der Waals surface area contributed by atoms with Crippen LogP contribution in [0.15, 0.2) is 72.8 Å². The first kappa shape index (κ1) is 26.9. The molecule has 0 radical (unpaired) electrons. The van der Waals surface area contributed by atoms with E-state index in [4.69, 9.17) is 60.5 Å². The Kier molecular flexibility index (Phi) is 11.1. The fourth-order valence-electron chi connectivity index (χ4n) is 3.39. The lowest BCUT2D eigenvalue weighted by atomic mass is 10.1. The van der Waals surface area contributed by atoms with Crippen molar-refractivity contribution in [2.75, 3.05) is 13.1 Å². The molecule has 0 bridgehead atoms. The second-order valence-corrected chi connectivity index (χ2v) is 9.13. The van der Waals surface area contributed by atoms with Gasteiger partial charge in [0.05, 0.1) is 32.0 Å². The maximum Gasteiger partial charge on any atom is 0.113 e. The summed E-state index contributed by atoms with van der Waals surface area (Å²) < 4.78 is 18.6. The summed E-state index contributed by atoms with van der Waals surface area (Å²) in [7, 11) is 0. The second-order valence-electron chi connectivity index (χ2n) is 7.83. The van der Waals surface area contributed by atoms with E-state index < -0.39 is 18.3 Å². The van der Waals surface area contributed by atoms with E-state index in [0.29, 0.717) is 34.9 Å². The molecule has 0 aromatic heterocycles. The lowest BCUT2D eigenvalue weighted by Crippen LogP contribution is -2.49. The van der Waals surface area contributed by atoms with Gasteiger partial charge in [-0.1, -0.05) is 71.2 Å². The molecule has 0 spiro atoms. The Morgan fingerprint density at radius 3 is 1.09 bits per heavy atom. The van der Waals surface area contributed by atoms with Crippen molar-refractivity contribution in [2.45, 2.75) is 38.1 Å². The van der Waals surface area contributed by atoms with Crippen LogP contribution in [0.25, 0.3) is 0 Å². The fraction of sp³-hybridized carbons (Fsp3) is 0.308. The van der Waals surface area contributed by atoms with Crippen molar-refractivity contribution in [3.8, 4) is 0 Å². The third-order valence-electron chi connectivity index (χ3n) is 5.31. The monoisotopic (exact) mass is 522 g/mol. The molecule has 34 heavy (non-hydrogen) atoms. The third-order valence-corrected chi connectivity index (χ3v) is 6.06. The maximum absolute atomic E-state index is 6.29. The van der Waals surface area contributed by atoms with Gasteiger partial charge in [-0.05, 0) is 53.1 Å². The van der Waals surface area contributed by atoms with E-state index in [1.807, 2.05) is 72.8 Å². The highest BCUT2D eigenvalue weighted by Crippen LogP contribution is 2.20. The molecule has 3 rings (SSSR count). The van der Waals surface area contributed by atoms with E-state index in [0.717, 1.165) is 16.7 Å². The minimum Gasteiger partial charge on any atom is -0.369 e. The predicted molar refractivity (Wildman–Crippen MR) is 138 cm³/mol. The van der Waals surface area contributed by atoms with Gasteiger partial charge in [-0.2, -0.15) is 0 Å². The molecule has 0 heterocycles. The lowest BCUT2D eigenvalue weighted by molar-refractivity contribution is -0.145. The Bertz CT molecular complexity index is 928. The highest BCUT2D eigenvalue weighted by Gasteiger charge is 2.31. The summed E-state index contributed by atoms with van der Waals surface area (Å²) in [6, 6.07) is 22.4. The van der Waals surface area contributed by atoms with Gasteiger partial charge in [0.25, 0.3) is 0 Å². The Balaban J connectivity index is 1.72. The first-order valence-electron chi connectivity index (χ1n) is 11.0. The van der Waals surface area contributed by atoms with Gasteiger partial charge < -0.3 is 25.7 Å². The van der Waals surface area contributed by atoms with Gasteiger partial charge in [-0.3, -0.25) is 0 Å². The molecular formula is C26H29Cl3N2O3. The molecule has 0 saturated heterocycles. The molecule has 0 fully saturated rings. The topological polar surface area (TPSA) is 79.7 Å². The van der Waals surface area contributed by atoms with E-state index >= 15 is 0 Å². The van der Waals surface area contributed by atoms with Gasteiger partial charge in [0.2, 0.25) is 0 Å². The van der Waals surface area contributed by atoms with Gasteiger partial charge in [-0.25, -0.2) is 0 Å². The zero-order valence-corrected chi connectivity index (χ0v) is 21.0. The Labute approximate surface area is 215 Å². The zero-order valence-electron chi connectivity index (χ0n) is 18.7. The molecule has 0 unspecified atom stereocenters. The molecule has 4 N–H and O–H groups in total. The summed E-state index contributed by atoms with van der Waals surface area (Å²) in [6.45, 7) is 1.52. The average molecular weight is 524 g/mol. The van der Waals surface area contributed by atoms with Crippen LogP contribution < -0.4 is 11.5 Å². The van der Waals surface area contributed by atoms with Crippen LogP contribution in [-0.2, 0) is 34.0 Å². The summed E-state index contributed by atoms with van der Waals surface area (Å²) in [5.41, 5.74) is 15.1. The molecule has 3 aromatic rings. The highest BCUT2D eigenvalue weighted by atomic mass is 35.5. The molecule has 5 nitrogen and oxygen atoms in total. The van der Waals surface area contributed by atoms with Crippen LogP contribution in [0, 0.1) is 0 Å². The van der Waals surface area contributed by atoms with Crippen LogP contribution in [0.2, 0.25) is 15.1 Å². The molecule has 8 heteroatoms. The van der Waals surface area contributed by atoms with Crippen LogP contribution in [0.5, 0.6) is 0 Å². The van der Waals surface area contributed by atoms with Crippen molar-refractivity contribution >= 4 is 34.8 Å². The molecule has 0 saturated carbocycles. The van der Waals surface area contributed by atoms with Crippen molar-refractivity contribution in [2.24, 2.45) is 11.5 Å². The number of benzene rings is 3. The molecule has 0 aliphatic carbocycles. The molecule has 0 aliphatic heterocycles. The number of halogens is 3. The van der Waals surface area contributed by atoms with Gasteiger partial charge >= 0.3 is 0 Å². The van der Waals surface area contributed by atoms with Crippen molar-refractivity contribution < 1.29 is 14.2 Å². The molecule has 2 atom stereocenters. The normalized spacial score (nSPS) is 13.2. The smallest absolute Gasteiger partial charge is 0.113 e. The van der Waals surface area contributed by atoms with E-state index in [1.54, 1.807) is 0 Å². The molecule has 182 valence electrons. The van der Waals surface area contributed by atoms with Crippen LogP contribution in [0.1, 0.15) is 16.7 Å². The zero-order chi connectivity index (χ0) is 24.3. The largest absolute Gasteiger partial charge is 0.369 e. The Morgan fingerprint density at radius 1 is 0.500 bits per heavy atom. The van der Waals surface area contributed by atoms with Crippen LogP contribution in [-0.4, -0.2) is 31.4 Å².